The van der Waals surface area contributed by atoms with Crippen molar-refractivity contribution in [2.45, 2.75) is 118 Å². The third kappa shape index (κ3) is 4.00. The molecule has 0 heterocycles. The lowest BCUT2D eigenvalue weighted by Gasteiger charge is -2.57. The minimum absolute atomic E-state index is 0.0447. The fourth-order valence-corrected chi connectivity index (χ4v) is 9.12. The van der Waals surface area contributed by atoms with Gasteiger partial charge in [0.05, 0.1) is 6.10 Å². The molecule has 9 atom stereocenters. The van der Waals surface area contributed by atoms with E-state index in [4.69, 9.17) is 0 Å². The van der Waals surface area contributed by atoms with Crippen molar-refractivity contribution in [3.8, 4) is 0 Å². The number of aliphatic hydroxyl groups excluding tert-OH is 1. The van der Waals surface area contributed by atoms with Crippen molar-refractivity contribution in [3.63, 3.8) is 0 Å². The third-order valence-electron chi connectivity index (χ3n) is 11.4. The number of rotatable bonds is 6. The maximum atomic E-state index is 10.3. The second kappa shape index (κ2) is 9.00. The average Bonchev–Trinajstić information content (AvgIpc) is 3.11. The first-order valence-corrected chi connectivity index (χ1v) is 13.7. The van der Waals surface area contributed by atoms with E-state index in [2.05, 4.69) is 53.7 Å². The Labute approximate surface area is 193 Å². The molecule has 9 unspecified atom stereocenters. The van der Waals surface area contributed by atoms with Crippen LogP contribution in [0.2, 0.25) is 0 Å². The Balaban J connectivity index is 1.48. The first kappa shape index (κ1) is 23.6. The molecule has 0 amide bonds. The molecule has 1 heteroatoms. The van der Waals surface area contributed by atoms with Crippen LogP contribution in [0.3, 0.4) is 0 Å². The third-order valence-corrected chi connectivity index (χ3v) is 11.4. The molecular formula is C30H50O. The average molecular weight is 427 g/mol. The number of fused-ring (bicyclic) bond motifs is 5. The van der Waals surface area contributed by atoms with E-state index in [1.165, 1.54) is 57.8 Å². The van der Waals surface area contributed by atoms with Crippen molar-refractivity contribution in [1.82, 2.24) is 0 Å². The standard InChI is InChI=1S/C30H50O/c1-7-20(3)22(8-2)10-9-21(4)26-13-14-27-25-12-11-23-19-24(31)15-17-29(23,5)28(25)16-18-30(26,27)6/h7,12,21-24,26-28,31H,8-11,13-19H2,1-6H3. The van der Waals surface area contributed by atoms with Crippen LogP contribution in [0.15, 0.2) is 23.3 Å². The largest absolute Gasteiger partial charge is 0.393 e. The summed E-state index contributed by atoms with van der Waals surface area (Å²) in [6.45, 7) is 14.8. The molecule has 0 spiro atoms. The molecule has 4 aliphatic rings. The van der Waals surface area contributed by atoms with Gasteiger partial charge in [-0.1, -0.05) is 51.0 Å². The molecule has 4 rings (SSSR count). The Morgan fingerprint density at radius 3 is 2.52 bits per heavy atom. The van der Waals surface area contributed by atoms with Crippen molar-refractivity contribution >= 4 is 0 Å². The van der Waals surface area contributed by atoms with Crippen molar-refractivity contribution in [2.75, 3.05) is 0 Å². The first-order chi connectivity index (χ1) is 14.7. The van der Waals surface area contributed by atoms with E-state index in [0.29, 0.717) is 16.7 Å². The highest BCUT2D eigenvalue weighted by molar-refractivity contribution is 5.27. The van der Waals surface area contributed by atoms with Gasteiger partial charge in [0.2, 0.25) is 0 Å². The van der Waals surface area contributed by atoms with Crippen LogP contribution in [-0.2, 0) is 0 Å². The summed E-state index contributed by atoms with van der Waals surface area (Å²) < 4.78 is 0. The van der Waals surface area contributed by atoms with Crippen LogP contribution in [0, 0.1) is 46.3 Å². The zero-order valence-electron chi connectivity index (χ0n) is 21.4. The summed E-state index contributed by atoms with van der Waals surface area (Å²) >= 11 is 0. The van der Waals surface area contributed by atoms with Gasteiger partial charge >= 0.3 is 0 Å². The molecule has 4 aliphatic carbocycles. The lowest BCUT2D eigenvalue weighted by Crippen LogP contribution is -2.49. The molecule has 3 saturated carbocycles. The number of aliphatic hydroxyl groups is 1. The zero-order chi connectivity index (χ0) is 22.4. The molecule has 0 saturated heterocycles. The second-order valence-corrected chi connectivity index (χ2v) is 12.6. The van der Waals surface area contributed by atoms with Crippen LogP contribution in [0.4, 0.5) is 0 Å². The summed E-state index contributed by atoms with van der Waals surface area (Å²) in [6, 6.07) is 0. The Bertz CT molecular complexity index is 703. The molecule has 0 aromatic heterocycles. The highest BCUT2D eigenvalue weighted by Crippen LogP contribution is 2.67. The van der Waals surface area contributed by atoms with Crippen molar-refractivity contribution in [2.24, 2.45) is 46.3 Å². The summed E-state index contributed by atoms with van der Waals surface area (Å²) in [5.41, 5.74) is 4.44. The topological polar surface area (TPSA) is 20.2 Å². The first-order valence-electron chi connectivity index (χ1n) is 13.7. The Morgan fingerprint density at radius 1 is 1.10 bits per heavy atom. The fourth-order valence-electron chi connectivity index (χ4n) is 9.12. The Hall–Kier alpha value is -0.560. The molecule has 0 aliphatic heterocycles. The van der Waals surface area contributed by atoms with Crippen LogP contribution in [0.25, 0.3) is 0 Å². The molecule has 1 nitrogen and oxygen atoms in total. The van der Waals surface area contributed by atoms with Crippen LogP contribution < -0.4 is 0 Å². The molecule has 176 valence electrons. The lowest BCUT2D eigenvalue weighted by atomic mass is 9.47. The van der Waals surface area contributed by atoms with E-state index < -0.39 is 0 Å². The summed E-state index contributed by atoms with van der Waals surface area (Å²) in [4.78, 5) is 0. The molecule has 1 N–H and O–H groups in total. The van der Waals surface area contributed by atoms with E-state index in [0.717, 1.165) is 42.4 Å². The normalized spacial score (nSPS) is 44.7. The van der Waals surface area contributed by atoms with Gasteiger partial charge in [-0.3, -0.25) is 0 Å². The van der Waals surface area contributed by atoms with Gasteiger partial charge in [0, 0.05) is 0 Å². The highest BCUT2D eigenvalue weighted by Gasteiger charge is 2.58. The Morgan fingerprint density at radius 2 is 1.81 bits per heavy atom. The van der Waals surface area contributed by atoms with Gasteiger partial charge < -0.3 is 5.11 Å². The van der Waals surface area contributed by atoms with Gasteiger partial charge in [-0.25, -0.2) is 0 Å². The summed E-state index contributed by atoms with van der Waals surface area (Å²) in [5, 5.41) is 10.3. The zero-order valence-corrected chi connectivity index (χ0v) is 21.4. The van der Waals surface area contributed by atoms with Gasteiger partial charge in [0.15, 0.2) is 0 Å². The Kier molecular flexibility index (Phi) is 6.85. The fraction of sp³-hybridized carbons (Fsp3) is 0.867. The monoisotopic (exact) mass is 426 g/mol. The molecule has 0 aromatic carbocycles. The second-order valence-electron chi connectivity index (χ2n) is 12.6. The predicted molar refractivity (Wildman–Crippen MR) is 133 cm³/mol. The van der Waals surface area contributed by atoms with E-state index in [9.17, 15) is 5.11 Å². The van der Waals surface area contributed by atoms with Crippen molar-refractivity contribution < 1.29 is 5.11 Å². The predicted octanol–water partition coefficient (Wildman–Crippen LogP) is 8.34. The van der Waals surface area contributed by atoms with Gasteiger partial charge in [-0.05, 0) is 131 Å². The molecular weight excluding hydrogens is 376 g/mol. The summed E-state index contributed by atoms with van der Waals surface area (Å²) in [7, 11) is 0. The van der Waals surface area contributed by atoms with Crippen molar-refractivity contribution in [3.05, 3.63) is 23.3 Å². The number of hydrogen-bond donors (Lipinski definition) is 1. The van der Waals surface area contributed by atoms with Gasteiger partial charge in [0.25, 0.3) is 0 Å². The van der Waals surface area contributed by atoms with Crippen molar-refractivity contribution in [1.29, 1.82) is 0 Å². The molecule has 3 fully saturated rings. The molecule has 0 radical (unpaired) electrons. The van der Waals surface area contributed by atoms with E-state index in [1.807, 2.05) is 5.57 Å². The smallest absolute Gasteiger partial charge is 0.0543 e. The maximum Gasteiger partial charge on any atom is 0.0543 e. The lowest BCUT2D eigenvalue weighted by molar-refractivity contribution is -0.0428. The minimum atomic E-state index is -0.0447. The molecule has 0 aromatic rings. The summed E-state index contributed by atoms with van der Waals surface area (Å²) in [6.07, 6.45) is 19.3. The van der Waals surface area contributed by atoms with E-state index in [1.54, 1.807) is 5.57 Å². The van der Waals surface area contributed by atoms with Gasteiger partial charge in [-0.15, -0.1) is 0 Å². The van der Waals surface area contributed by atoms with Crippen LogP contribution in [0.1, 0.15) is 112 Å². The highest BCUT2D eigenvalue weighted by atomic mass is 16.3. The maximum absolute atomic E-state index is 10.3. The van der Waals surface area contributed by atoms with Gasteiger partial charge in [0.1, 0.15) is 0 Å². The quantitative estimate of drug-likeness (QED) is 0.423. The minimum Gasteiger partial charge on any atom is -0.393 e. The SMILES string of the molecule is CC=C(C)C(CC)CCC(C)C1CCC2C3=CCC4CC(O)CCC4(C)C3CCC21C. The van der Waals surface area contributed by atoms with E-state index >= 15 is 0 Å². The van der Waals surface area contributed by atoms with Crippen LogP contribution in [-0.4, -0.2) is 11.2 Å². The number of hydrogen-bond acceptors (Lipinski definition) is 1. The van der Waals surface area contributed by atoms with Crippen LogP contribution in [0.5, 0.6) is 0 Å². The summed E-state index contributed by atoms with van der Waals surface area (Å²) in [5.74, 6) is 4.89. The number of allylic oxidation sites excluding steroid dienone is 4. The van der Waals surface area contributed by atoms with Gasteiger partial charge in [-0.2, -0.15) is 0 Å². The molecule has 31 heavy (non-hydrogen) atoms. The van der Waals surface area contributed by atoms with Crippen LogP contribution >= 0.6 is 0 Å². The van der Waals surface area contributed by atoms with E-state index in [-0.39, 0.29) is 6.10 Å². The molecule has 0 bridgehead atoms.